The Morgan fingerprint density at radius 3 is 1.04 bits per heavy atom. The van der Waals surface area contributed by atoms with E-state index in [-0.39, 0.29) is 47.0 Å². The number of hydrogen-bond acceptors (Lipinski definition) is 4. The van der Waals surface area contributed by atoms with Crippen LogP contribution >= 0.6 is 15.0 Å². The summed E-state index contributed by atoms with van der Waals surface area (Å²) in [7, 11) is -10.3. The summed E-state index contributed by atoms with van der Waals surface area (Å²) in [5.74, 6) is -3.84. The SMILES string of the molecule is CC(C)c1cc(C(C)C)c(-c2cc3ccccc3c3c2OP(=O)(NP(=O)(c2cc(F)cc(F)c2)c2cc(F)cc(F)c2)Oc2c(-c4c(C(C)C)cc(C(C)C)cc4C(C)C)cc4ccccc4c2-3)c(C(C)C)c1. The Labute approximate surface area is 427 Å². The molecular weight excluding hydrogens is 961 g/mol. The van der Waals surface area contributed by atoms with Crippen molar-refractivity contribution in [2.45, 2.75) is 119 Å². The van der Waals surface area contributed by atoms with E-state index in [0.717, 1.165) is 90.3 Å². The number of halogens is 4. The maximum atomic E-state index is 17.0. The molecule has 9 rings (SSSR count). The van der Waals surface area contributed by atoms with Crippen LogP contribution in [0.3, 0.4) is 0 Å². The van der Waals surface area contributed by atoms with Crippen LogP contribution in [0.4, 0.5) is 17.6 Å². The van der Waals surface area contributed by atoms with E-state index < -0.39 is 48.9 Å². The third-order valence-corrected chi connectivity index (χ3v) is 19.1. The van der Waals surface area contributed by atoms with Gasteiger partial charge in [-0.15, -0.1) is 4.86 Å². The first-order chi connectivity index (χ1) is 34.5. The molecule has 5 nitrogen and oxygen atoms in total. The third kappa shape index (κ3) is 9.58. The second-order valence-electron chi connectivity index (χ2n) is 21.4. The number of hydrogen-bond donors (Lipinski definition) is 1. The van der Waals surface area contributed by atoms with E-state index in [1.165, 1.54) is 0 Å². The van der Waals surface area contributed by atoms with Gasteiger partial charge < -0.3 is 9.05 Å². The number of rotatable bonds is 12. The minimum atomic E-state index is -5.29. The summed E-state index contributed by atoms with van der Waals surface area (Å²) in [5.41, 5.74) is 10.4. The zero-order chi connectivity index (χ0) is 52.6. The molecule has 0 spiro atoms. The van der Waals surface area contributed by atoms with Crippen molar-refractivity contribution in [3.05, 3.63) is 178 Å². The lowest BCUT2D eigenvalue weighted by atomic mass is 9.78. The van der Waals surface area contributed by atoms with Gasteiger partial charge in [0.1, 0.15) is 34.8 Å². The maximum absolute atomic E-state index is 17.0. The molecule has 0 saturated carbocycles. The molecule has 8 aromatic carbocycles. The Morgan fingerprint density at radius 2 is 0.740 bits per heavy atom. The van der Waals surface area contributed by atoms with Crippen LogP contribution in [0.2, 0.25) is 0 Å². The highest BCUT2D eigenvalue weighted by Gasteiger charge is 2.46. The normalized spacial score (nSPS) is 13.6. The highest BCUT2D eigenvalue weighted by Crippen LogP contribution is 2.66. The molecule has 1 aliphatic rings. The van der Waals surface area contributed by atoms with E-state index in [1.54, 1.807) is 0 Å². The average molecular weight is 1020 g/mol. The zero-order valence-electron chi connectivity index (χ0n) is 43.6. The minimum absolute atomic E-state index is 0.0105. The quantitative estimate of drug-likeness (QED) is 0.0976. The topological polar surface area (TPSA) is 64.6 Å². The van der Waals surface area contributed by atoms with Crippen molar-refractivity contribution in [2.75, 3.05) is 0 Å². The Hall–Kier alpha value is -5.98. The van der Waals surface area contributed by atoms with Crippen molar-refractivity contribution in [3.8, 4) is 44.9 Å². The van der Waals surface area contributed by atoms with Crippen molar-refractivity contribution in [2.24, 2.45) is 0 Å². The average Bonchev–Trinajstić information content (AvgIpc) is 3.46. The van der Waals surface area contributed by atoms with Gasteiger partial charge in [-0.2, -0.15) is 0 Å². The van der Waals surface area contributed by atoms with Crippen LogP contribution < -0.4 is 24.5 Å². The summed E-state index contributed by atoms with van der Waals surface area (Å²) in [6.45, 7) is 25.7. The molecule has 1 aliphatic heterocycles. The molecule has 0 bridgehead atoms. The fourth-order valence-corrected chi connectivity index (χ4v) is 15.5. The number of nitrogens with one attached hydrogen (secondary N) is 1. The Balaban J connectivity index is 1.52. The molecule has 0 unspecified atom stereocenters. The molecule has 73 heavy (non-hydrogen) atoms. The molecule has 1 N–H and O–H groups in total. The summed E-state index contributed by atoms with van der Waals surface area (Å²) in [4.78, 5) is 2.72. The summed E-state index contributed by atoms with van der Waals surface area (Å²) >= 11 is 0. The van der Waals surface area contributed by atoms with Crippen LogP contribution in [-0.4, -0.2) is 0 Å². The molecule has 0 saturated heterocycles. The van der Waals surface area contributed by atoms with E-state index in [0.29, 0.717) is 34.4 Å². The second-order valence-corrected chi connectivity index (χ2v) is 25.8. The van der Waals surface area contributed by atoms with Crippen molar-refractivity contribution < 1.29 is 35.7 Å². The van der Waals surface area contributed by atoms with Crippen LogP contribution in [0.1, 0.15) is 152 Å². The fourth-order valence-electron chi connectivity index (χ4n) is 10.4. The molecular formula is C62H63F4NO4P2. The van der Waals surface area contributed by atoms with Crippen LogP contribution in [0.25, 0.3) is 54.9 Å². The van der Waals surface area contributed by atoms with E-state index in [4.69, 9.17) is 9.05 Å². The maximum Gasteiger partial charge on any atom is 0.519 e. The minimum Gasteiger partial charge on any atom is -0.403 e. The van der Waals surface area contributed by atoms with Gasteiger partial charge in [0.05, 0.1) is 0 Å². The van der Waals surface area contributed by atoms with Crippen LogP contribution in [-0.2, 0) is 9.13 Å². The fraction of sp³-hybridized carbons (Fsp3) is 0.290. The summed E-state index contributed by atoms with van der Waals surface area (Å²) < 4.78 is 109. The van der Waals surface area contributed by atoms with Crippen LogP contribution in [0.15, 0.2) is 121 Å². The van der Waals surface area contributed by atoms with Gasteiger partial charge in [-0.3, -0.25) is 4.57 Å². The lowest BCUT2D eigenvalue weighted by Crippen LogP contribution is -2.30. The zero-order valence-corrected chi connectivity index (χ0v) is 45.3. The van der Waals surface area contributed by atoms with Gasteiger partial charge in [-0.05, 0) is 138 Å². The first-order valence-electron chi connectivity index (χ1n) is 25.3. The standard InChI is InChI=1S/C62H63F4NO4P2/c1-33(2)41-23-51(35(5)6)57(52(24-41)36(7)8)55-21-39-17-13-15-19-49(39)59-60-50-20-16-14-18-40(50)22-56(58-53(37(9)10)25-42(34(3)4)26-54(58)38(11)12)62(60)71-73(69,70-61(55)59)67-72(68,47-29-43(63)27-44(64)30-47)48-31-45(65)28-46(66)32-48/h13-38H,1-12H3,(H,67,68,69). The predicted molar refractivity (Wildman–Crippen MR) is 294 cm³/mol. The molecule has 11 heteroatoms. The van der Waals surface area contributed by atoms with E-state index in [9.17, 15) is 0 Å². The van der Waals surface area contributed by atoms with Gasteiger partial charge in [-0.25, -0.2) is 22.1 Å². The van der Waals surface area contributed by atoms with Crippen LogP contribution in [0.5, 0.6) is 11.5 Å². The number of fused-ring (bicyclic) bond motifs is 7. The van der Waals surface area contributed by atoms with Crippen molar-refractivity contribution in [1.82, 2.24) is 4.86 Å². The second kappa shape index (κ2) is 19.7. The van der Waals surface area contributed by atoms with Gasteiger partial charge in [0, 0.05) is 45.0 Å². The lowest BCUT2D eigenvalue weighted by molar-refractivity contribution is 0.387. The Morgan fingerprint density at radius 1 is 0.425 bits per heavy atom. The van der Waals surface area contributed by atoms with E-state index in [1.807, 2.05) is 60.7 Å². The number of benzene rings is 8. The molecule has 0 aromatic heterocycles. The molecule has 378 valence electrons. The van der Waals surface area contributed by atoms with E-state index >= 15 is 26.7 Å². The van der Waals surface area contributed by atoms with Crippen molar-refractivity contribution >= 4 is 47.2 Å². The molecule has 0 atom stereocenters. The van der Waals surface area contributed by atoms with Gasteiger partial charge in [-0.1, -0.05) is 156 Å². The monoisotopic (exact) mass is 1020 g/mol. The van der Waals surface area contributed by atoms with Gasteiger partial charge in [0.15, 0.2) is 0 Å². The molecule has 0 aliphatic carbocycles. The first kappa shape index (κ1) is 51.9. The predicted octanol–water partition coefficient (Wildman–Crippen LogP) is 18.7. The van der Waals surface area contributed by atoms with Gasteiger partial charge in [0.25, 0.3) is 0 Å². The molecule has 0 fully saturated rings. The van der Waals surface area contributed by atoms with Gasteiger partial charge >= 0.3 is 7.75 Å². The van der Waals surface area contributed by atoms with E-state index in [2.05, 4.69) is 112 Å². The van der Waals surface area contributed by atoms with Gasteiger partial charge in [0.2, 0.25) is 7.29 Å². The molecule has 8 aromatic rings. The van der Waals surface area contributed by atoms with Crippen LogP contribution in [0, 0.1) is 23.3 Å². The summed E-state index contributed by atoms with van der Waals surface area (Å²) in [6, 6.07) is 33.1. The highest BCUT2D eigenvalue weighted by molar-refractivity contribution is 7.83. The summed E-state index contributed by atoms with van der Waals surface area (Å²) in [5, 5.41) is 2.08. The molecule has 0 radical (unpaired) electrons. The molecule has 0 amide bonds. The first-order valence-corrected chi connectivity index (χ1v) is 28.5. The summed E-state index contributed by atoms with van der Waals surface area (Å²) in [6.07, 6.45) is 0. The lowest BCUT2D eigenvalue weighted by Gasteiger charge is -2.29. The van der Waals surface area contributed by atoms with Crippen molar-refractivity contribution in [1.29, 1.82) is 0 Å². The highest BCUT2D eigenvalue weighted by atomic mass is 31.2. The third-order valence-electron chi connectivity index (χ3n) is 14.2. The Kier molecular flexibility index (Phi) is 14.0. The smallest absolute Gasteiger partial charge is 0.403 e. The molecule has 1 heterocycles. The largest absolute Gasteiger partial charge is 0.519 e. The Bertz CT molecular complexity index is 3270. The van der Waals surface area contributed by atoms with Crippen molar-refractivity contribution in [3.63, 3.8) is 0 Å².